The molecule has 0 radical (unpaired) electrons. The number of aromatic nitrogens is 2. The molecule has 1 aromatic heterocycles. The third kappa shape index (κ3) is 2.69. The van der Waals surface area contributed by atoms with Crippen LogP contribution in [0.25, 0.3) is 0 Å². The van der Waals surface area contributed by atoms with Gasteiger partial charge in [0.25, 0.3) is 5.91 Å². The molecular formula is C14H21N3O3. The van der Waals surface area contributed by atoms with Gasteiger partial charge in [-0.25, -0.2) is 4.79 Å². The first kappa shape index (κ1) is 14.6. The molecule has 1 atom stereocenters. The minimum Gasteiger partial charge on any atom is -0.480 e. The predicted octanol–water partition coefficient (Wildman–Crippen LogP) is 1.69. The van der Waals surface area contributed by atoms with E-state index in [4.69, 9.17) is 0 Å². The van der Waals surface area contributed by atoms with E-state index in [9.17, 15) is 14.7 Å². The molecule has 1 aliphatic rings. The molecule has 0 spiro atoms. The van der Waals surface area contributed by atoms with Crippen LogP contribution in [0, 0.1) is 5.92 Å². The summed E-state index contributed by atoms with van der Waals surface area (Å²) in [6, 6.07) is 1.67. The number of carboxylic acids is 1. The van der Waals surface area contributed by atoms with Crippen LogP contribution in [0.4, 0.5) is 0 Å². The summed E-state index contributed by atoms with van der Waals surface area (Å²) >= 11 is 0. The molecular weight excluding hydrogens is 258 g/mol. The first-order valence-corrected chi connectivity index (χ1v) is 6.76. The van der Waals surface area contributed by atoms with E-state index in [2.05, 4.69) is 15.5 Å². The van der Waals surface area contributed by atoms with Gasteiger partial charge in [0, 0.05) is 11.1 Å². The molecule has 1 fully saturated rings. The van der Waals surface area contributed by atoms with Crippen molar-refractivity contribution in [3.05, 3.63) is 17.5 Å². The molecule has 20 heavy (non-hydrogen) atoms. The summed E-state index contributed by atoms with van der Waals surface area (Å²) in [7, 11) is 0. The highest BCUT2D eigenvalue weighted by Crippen LogP contribution is 2.39. The van der Waals surface area contributed by atoms with Gasteiger partial charge in [-0.1, -0.05) is 20.8 Å². The number of nitrogens with one attached hydrogen (secondary N) is 2. The maximum Gasteiger partial charge on any atom is 0.329 e. The molecule has 0 aliphatic heterocycles. The number of carbonyl (C=O) groups excluding carboxylic acids is 1. The first-order valence-electron chi connectivity index (χ1n) is 6.76. The maximum absolute atomic E-state index is 12.2. The molecule has 0 unspecified atom stereocenters. The fraction of sp³-hybridized carbons (Fsp3) is 0.643. The monoisotopic (exact) mass is 279 g/mol. The number of hydrogen-bond donors (Lipinski definition) is 3. The summed E-state index contributed by atoms with van der Waals surface area (Å²) in [6.45, 7) is 7.58. The Hall–Kier alpha value is -1.85. The van der Waals surface area contributed by atoms with Crippen molar-refractivity contribution in [3.63, 3.8) is 0 Å². The molecule has 2 rings (SSSR count). The second-order valence-electron chi connectivity index (χ2n) is 6.65. The third-order valence-electron chi connectivity index (χ3n) is 3.83. The Morgan fingerprint density at radius 3 is 2.35 bits per heavy atom. The van der Waals surface area contributed by atoms with E-state index < -0.39 is 17.4 Å². The van der Waals surface area contributed by atoms with E-state index in [1.165, 1.54) is 0 Å². The zero-order valence-corrected chi connectivity index (χ0v) is 12.3. The first-order chi connectivity index (χ1) is 9.14. The molecule has 0 saturated heterocycles. The summed E-state index contributed by atoms with van der Waals surface area (Å²) in [5.74, 6) is -1.45. The summed E-state index contributed by atoms with van der Waals surface area (Å²) < 4.78 is 0. The fourth-order valence-corrected chi connectivity index (χ4v) is 2.11. The van der Waals surface area contributed by atoms with Crippen LogP contribution in [0.1, 0.15) is 56.7 Å². The molecule has 1 aliphatic carbocycles. The number of hydrogen-bond acceptors (Lipinski definition) is 3. The molecule has 6 nitrogen and oxygen atoms in total. The third-order valence-corrected chi connectivity index (χ3v) is 3.83. The van der Waals surface area contributed by atoms with Gasteiger partial charge in [0.05, 0.1) is 0 Å². The van der Waals surface area contributed by atoms with Gasteiger partial charge in [0.1, 0.15) is 11.2 Å². The van der Waals surface area contributed by atoms with Gasteiger partial charge < -0.3 is 10.4 Å². The van der Waals surface area contributed by atoms with Crippen molar-refractivity contribution in [2.24, 2.45) is 5.92 Å². The number of carbonyl (C=O) groups is 2. The van der Waals surface area contributed by atoms with Crippen molar-refractivity contribution >= 4 is 11.9 Å². The zero-order valence-electron chi connectivity index (χ0n) is 12.3. The molecule has 0 bridgehead atoms. The van der Waals surface area contributed by atoms with Gasteiger partial charge in [-0.05, 0) is 31.7 Å². The van der Waals surface area contributed by atoms with Crippen LogP contribution in [0.3, 0.4) is 0 Å². The predicted molar refractivity (Wildman–Crippen MR) is 73.5 cm³/mol. The van der Waals surface area contributed by atoms with Crippen LogP contribution in [-0.4, -0.2) is 32.7 Å². The van der Waals surface area contributed by atoms with Gasteiger partial charge in [-0.3, -0.25) is 9.89 Å². The maximum atomic E-state index is 12.2. The van der Waals surface area contributed by atoms with E-state index >= 15 is 0 Å². The minimum atomic E-state index is -1.21. The fourth-order valence-electron chi connectivity index (χ4n) is 2.11. The van der Waals surface area contributed by atoms with E-state index in [1.54, 1.807) is 13.0 Å². The van der Waals surface area contributed by atoms with E-state index in [0.29, 0.717) is 0 Å². The standard InChI is InChI=1S/C14H21N3O3/c1-13(2,3)10-7-9(16-17-10)11(18)15-14(4,12(19)20)8-5-6-8/h7-8H,5-6H2,1-4H3,(H,15,18)(H,16,17)(H,19,20)/t14-/m1/s1. The molecule has 1 aromatic rings. The molecule has 0 aromatic carbocycles. The van der Waals surface area contributed by atoms with Crippen molar-refractivity contribution in [2.45, 2.75) is 51.5 Å². The largest absolute Gasteiger partial charge is 0.480 e. The second kappa shape index (κ2) is 4.61. The number of amides is 1. The Kier molecular flexibility index (Phi) is 3.36. The molecule has 6 heteroatoms. The van der Waals surface area contributed by atoms with Crippen LogP contribution >= 0.6 is 0 Å². The van der Waals surface area contributed by atoms with Gasteiger partial charge >= 0.3 is 5.97 Å². The highest BCUT2D eigenvalue weighted by Gasteiger charge is 2.48. The van der Waals surface area contributed by atoms with Crippen molar-refractivity contribution in [3.8, 4) is 0 Å². The highest BCUT2D eigenvalue weighted by atomic mass is 16.4. The molecule has 1 amide bonds. The lowest BCUT2D eigenvalue weighted by Gasteiger charge is -2.25. The van der Waals surface area contributed by atoms with Gasteiger partial charge in [-0.2, -0.15) is 5.10 Å². The van der Waals surface area contributed by atoms with Crippen molar-refractivity contribution < 1.29 is 14.7 Å². The van der Waals surface area contributed by atoms with Gasteiger partial charge in [-0.15, -0.1) is 0 Å². The van der Waals surface area contributed by atoms with Crippen molar-refractivity contribution in [1.29, 1.82) is 0 Å². The molecule has 110 valence electrons. The Morgan fingerprint density at radius 1 is 1.35 bits per heavy atom. The number of aromatic amines is 1. The molecule has 1 saturated carbocycles. The van der Waals surface area contributed by atoms with Crippen molar-refractivity contribution in [2.75, 3.05) is 0 Å². The topological polar surface area (TPSA) is 95.1 Å². The zero-order chi connectivity index (χ0) is 15.1. The summed E-state index contributed by atoms with van der Waals surface area (Å²) in [5, 5.41) is 18.7. The Morgan fingerprint density at radius 2 is 1.95 bits per heavy atom. The quantitative estimate of drug-likeness (QED) is 0.781. The molecule has 1 heterocycles. The Bertz CT molecular complexity index is 540. The highest BCUT2D eigenvalue weighted by molar-refractivity contribution is 5.96. The lowest BCUT2D eigenvalue weighted by molar-refractivity contribution is -0.144. The van der Waals surface area contributed by atoms with E-state index in [1.807, 2.05) is 20.8 Å². The minimum absolute atomic E-state index is 0.00461. The Labute approximate surface area is 118 Å². The van der Waals surface area contributed by atoms with Crippen molar-refractivity contribution in [1.82, 2.24) is 15.5 Å². The number of carboxylic acid groups (broad SMARTS) is 1. The lowest BCUT2D eigenvalue weighted by atomic mass is 9.92. The van der Waals surface area contributed by atoms with Crippen LogP contribution in [-0.2, 0) is 10.2 Å². The van der Waals surface area contributed by atoms with Crippen LogP contribution < -0.4 is 5.32 Å². The van der Waals surface area contributed by atoms with Crippen LogP contribution in [0.15, 0.2) is 6.07 Å². The average Bonchev–Trinajstić information content (AvgIpc) is 3.04. The molecule has 3 N–H and O–H groups in total. The van der Waals surface area contributed by atoms with E-state index in [0.717, 1.165) is 18.5 Å². The second-order valence-corrected chi connectivity index (χ2v) is 6.65. The summed E-state index contributed by atoms with van der Waals surface area (Å²) in [6.07, 6.45) is 1.66. The smallest absolute Gasteiger partial charge is 0.329 e. The Balaban J connectivity index is 2.15. The number of rotatable bonds is 4. The average molecular weight is 279 g/mol. The van der Waals surface area contributed by atoms with E-state index in [-0.39, 0.29) is 17.0 Å². The van der Waals surface area contributed by atoms with Crippen LogP contribution in [0.5, 0.6) is 0 Å². The number of aliphatic carboxylic acids is 1. The normalized spacial score (nSPS) is 18.4. The summed E-state index contributed by atoms with van der Waals surface area (Å²) in [4.78, 5) is 23.6. The number of H-pyrrole nitrogens is 1. The lowest BCUT2D eigenvalue weighted by Crippen LogP contribution is -2.54. The number of nitrogens with zero attached hydrogens (tertiary/aromatic N) is 1. The summed E-state index contributed by atoms with van der Waals surface area (Å²) in [5.41, 5.74) is -0.287. The SMILES string of the molecule is CC(C)(C)c1cc(C(=O)N[C@@](C)(C(=O)O)C2CC2)n[nH]1. The van der Waals surface area contributed by atoms with Gasteiger partial charge in [0.15, 0.2) is 0 Å². The van der Waals surface area contributed by atoms with Gasteiger partial charge in [0.2, 0.25) is 0 Å². The van der Waals surface area contributed by atoms with Crippen LogP contribution in [0.2, 0.25) is 0 Å².